The summed E-state index contributed by atoms with van der Waals surface area (Å²) in [7, 11) is 0. The number of benzene rings is 1. The van der Waals surface area contributed by atoms with Crippen LogP contribution in [0.3, 0.4) is 0 Å². The van der Waals surface area contributed by atoms with Crippen molar-refractivity contribution in [1.82, 2.24) is 5.43 Å². The second-order valence-electron chi connectivity index (χ2n) is 9.34. The maximum atomic E-state index is 13.2. The van der Waals surface area contributed by atoms with E-state index in [1.165, 1.54) is 0 Å². The van der Waals surface area contributed by atoms with Crippen molar-refractivity contribution in [3.05, 3.63) is 57.8 Å². The van der Waals surface area contributed by atoms with Crippen LogP contribution in [0.15, 0.2) is 52.3 Å². The Morgan fingerprint density at radius 2 is 1.88 bits per heavy atom. The van der Waals surface area contributed by atoms with E-state index in [0.717, 1.165) is 11.8 Å². The molecular formula is C24H27ClN2O5. The van der Waals surface area contributed by atoms with Crippen molar-refractivity contribution in [3.63, 3.8) is 0 Å². The van der Waals surface area contributed by atoms with Crippen molar-refractivity contribution in [2.24, 2.45) is 15.9 Å². The van der Waals surface area contributed by atoms with Crippen LogP contribution in [-0.2, 0) is 14.4 Å². The first-order valence-electron chi connectivity index (χ1n) is 10.4. The number of allylic oxidation sites excluding steroid dienone is 4. The summed E-state index contributed by atoms with van der Waals surface area (Å²) in [5.41, 5.74) is 1.88. The largest absolute Gasteiger partial charge is 0.511 e. The van der Waals surface area contributed by atoms with Crippen LogP contribution in [0.25, 0.3) is 0 Å². The summed E-state index contributed by atoms with van der Waals surface area (Å²) in [4.78, 5) is 38.0. The minimum absolute atomic E-state index is 0.00385. The van der Waals surface area contributed by atoms with Crippen LogP contribution < -0.4 is 5.43 Å². The zero-order chi connectivity index (χ0) is 23.7. The van der Waals surface area contributed by atoms with E-state index in [4.69, 9.17) is 11.6 Å². The van der Waals surface area contributed by atoms with Gasteiger partial charge in [-0.3, -0.25) is 14.4 Å². The van der Waals surface area contributed by atoms with E-state index in [2.05, 4.69) is 10.5 Å². The molecule has 2 atom stereocenters. The summed E-state index contributed by atoms with van der Waals surface area (Å²) in [6.45, 7) is 5.65. The predicted molar refractivity (Wildman–Crippen MR) is 122 cm³/mol. The van der Waals surface area contributed by atoms with E-state index in [1.54, 1.807) is 30.3 Å². The summed E-state index contributed by atoms with van der Waals surface area (Å²) in [6.07, 6.45) is 3.81. The average molecular weight is 459 g/mol. The Hall–Kier alpha value is -2.93. The van der Waals surface area contributed by atoms with Crippen LogP contribution in [-0.4, -0.2) is 34.1 Å². The molecule has 1 amide bonds. The number of nitrogens with zero attached hydrogens (tertiary/aromatic N) is 1. The molecule has 0 bridgehead atoms. The molecule has 0 fully saturated rings. The van der Waals surface area contributed by atoms with Gasteiger partial charge in [0.15, 0.2) is 11.2 Å². The van der Waals surface area contributed by atoms with Gasteiger partial charge in [-0.25, -0.2) is 5.43 Å². The van der Waals surface area contributed by atoms with E-state index in [0.29, 0.717) is 23.4 Å². The van der Waals surface area contributed by atoms with Crippen molar-refractivity contribution in [2.45, 2.75) is 52.4 Å². The number of ketones is 1. The molecule has 0 heterocycles. The third kappa shape index (κ3) is 4.63. The minimum atomic E-state index is -1.78. The van der Waals surface area contributed by atoms with Gasteiger partial charge >= 0.3 is 5.97 Å². The molecule has 0 aliphatic heterocycles. The first-order chi connectivity index (χ1) is 15.0. The Bertz CT molecular complexity index is 1040. The number of aliphatic hydroxyl groups excluding tert-OH is 1. The summed E-state index contributed by atoms with van der Waals surface area (Å²) in [5, 5.41) is 24.7. The van der Waals surface area contributed by atoms with Gasteiger partial charge in [0.25, 0.3) is 5.91 Å². The van der Waals surface area contributed by atoms with Crippen LogP contribution >= 0.6 is 11.6 Å². The van der Waals surface area contributed by atoms with Gasteiger partial charge in [-0.2, -0.15) is 5.10 Å². The Morgan fingerprint density at radius 3 is 2.47 bits per heavy atom. The number of Topliss-reactive ketones (excluding diaryl/α,β-unsaturated/α-hetero) is 1. The highest BCUT2D eigenvalue weighted by Gasteiger charge is 2.53. The number of carbonyl (C=O) groups excluding carboxylic acids is 2. The number of hydrogen-bond donors (Lipinski definition) is 3. The number of rotatable bonds is 5. The first-order valence-corrected chi connectivity index (χ1v) is 10.8. The number of aliphatic hydroxyl groups is 1. The number of nitrogens with one attached hydrogen (secondary N) is 1. The highest BCUT2D eigenvalue weighted by Crippen LogP contribution is 2.47. The SMILES string of the molecule is CC1=CCC(C(=O)O)(C(=O)NN=CC2=C(O)CC(C)(C)CC2=O)C(c2ccc(Cl)cc2)C1. The van der Waals surface area contributed by atoms with E-state index in [1.807, 2.05) is 20.8 Å². The maximum absolute atomic E-state index is 13.2. The quantitative estimate of drug-likeness (QED) is 0.259. The number of carbonyl (C=O) groups is 3. The Kier molecular flexibility index (Phi) is 6.60. The first kappa shape index (κ1) is 23.7. The van der Waals surface area contributed by atoms with Gasteiger partial charge in [0.05, 0.1) is 11.8 Å². The fraction of sp³-hybridized carbons (Fsp3) is 0.417. The van der Waals surface area contributed by atoms with E-state index in [-0.39, 0.29) is 35.4 Å². The third-order valence-electron chi connectivity index (χ3n) is 6.21. The van der Waals surface area contributed by atoms with Crippen molar-refractivity contribution in [2.75, 3.05) is 0 Å². The lowest BCUT2D eigenvalue weighted by atomic mass is 9.64. The summed E-state index contributed by atoms with van der Waals surface area (Å²) >= 11 is 5.98. The zero-order valence-electron chi connectivity index (χ0n) is 18.3. The fourth-order valence-electron chi connectivity index (χ4n) is 4.44. The monoisotopic (exact) mass is 458 g/mol. The second kappa shape index (κ2) is 8.90. The molecule has 0 aromatic heterocycles. The molecular weight excluding hydrogens is 432 g/mol. The summed E-state index contributed by atoms with van der Waals surface area (Å²) in [5.74, 6) is -3.03. The molecule has 2 aliphatic carbocycles. The molecule has 3 N–H and O–H groups in total. The average Bonchev–Trinajstić information content (AvgIpc) is 2.69. The third-order valence-corrected chi connectivity index (χ3v) is 6.46. The molecule has 170 valence electrons. The van der Waals surface area contributed by atoms with Gasteiger partial charge in [-0.15, -0.1) is 0 Å². The summed E-state index contributed by atoms with van der Waals surface area (Å²) in [6, 6.07) is 6.79. The normalized spacial score (nSPS) is 25.6. The van der Waals surface area contributed by atoms with E-state index < -0.39 is 23.2 Å². The summed E-state index contributed by atoms with van der Waals surface area (Å²) < 4.78 is 0. The molecule has 7 nitrogen and oxygen atoms in total. The molecule has 8 heteroatoms. The molecule has 2 unspecified atom stereocenters. The Morgan fingerprint density at radius 1 is 1.22 bits per heavy atom. The van der Waals surface area contributed by atoms with Crippen molar-refractivity contribution in [3.8, 4) is 0 Å². The van der Waals surface area contributed by atoms with Gasteiger partial charge in [-0.05, 0) is 42.9 Å². The number of amides is 1. The second-order valence-corrected chi connectivity index (χ2v) is 9.78. The van der Waals surface area contributed by atoms with Crippen molar-refractivity contribution >= 4 is 35.5 Å². The van der Waals surface area contributed by atoms with Crippen LogP contribution in [0.2, 0.25) is 5.02 Å². The number of hydrogen-bond acceptors (Lipinski definition) is 5. The Balaban J connectivity index is 1.90. The van der Waals surface area contributed by atoms with Gasteiger partial charge in [0.2, 0.25) is 0 Å². The lowest BCUT2D eigenvalue weighted by Crippen LogP contribution is -2.50. The lowest BCUT2D eigenvalue weighted by Gasteiger charge is -2.38. The van der Waals surface area contributed by atoms with Crippen molar-refractivity contribution in [1.29, 1.82) is 0 Å². The lowest BCUT2D eigenvalue weighted by molar-refractivity contribution is -0.158. The molecule has 0 saturated heterocycles. The number of aliphatic carboxylic acids is 1. The van der Waals surface area contributed by atoms with Crippen LogP contribution in [0, 0.1) is 10.8 Å². The topological polar surface area (TPSA) is 116 Å². The number of carboxylic acids is 1. The van der Waals surface area contributed by atoms with Gasteiger partial charge in [0.1, 0.15) is 5.76 Å². The molecule has 32 heavy (non-hydrogen) atoms. The molecule has 3 rings (SSSR count). The Labute approximate surface area is 191 Å². The molecule has 1 aromatic rings. The van der Waals surface area contributed by atoms with Gasteiger partial charge < -0.3 is 10.2 Å². The number of hydrazone groups is 1. The van der Waals surface area contributed by atoms with Crippen LogP contribution in [0.1, 0.15) is 57.9 Å². The molecule has 0 spiro atoms. The maximum Gasteiger partial charge on any atom is 0.320 e. The van der Waals surface area contributed by atoms with E-state index >= 15 is 0 Å². The molecule has 1 aromatic carbocycles. The highest BCUT2D eigenvalue weighted by atomic mass is 35.5. The van der Waals surface area contributed by atoms with Gasteiger partial charge in [-0.1, -0.05) is 49.2 Å². The standard InChI is InChI=1S/C24H27ClN2O5/c1-14-8-9-24(22(31)32,18(10-14)15-4-6-16(25)7-5-15)21(30)27-26-13-17-19(28)11-23(2,3)12-20(17)29/h4-8,13,18,28H,9-12H2,1-3H3,(H,27,30)(H,31,32). The number of carboxylic acid groups (broad SMARTS) is 1. The van der Waals surface area contributed by atoms with Crippen molar-refractivity contribution < 1.29 is 24.6 Å². The molecule has 2 aliphatic rings. The number of halogens is 1. The zero-order valence-corrected chi connectivity index (χ0v) is 19.1. The minimum Gasteiger partial charge on any atom is -0.511 e. The van der Waals surface area contributed by atoms with Gasteiger partial charge in [0, 0.05) is 23.8 Å². The smallest absolute Gasteiger partial charge is 0.320 e. The molecule has 0 radical (unpaired) electrons. The fourth-order valence-corrected chi connectivity index (χ4v) is 4.57. The molecule has 0 saturated carbocycles. The predicted octanol–water partition coefficient (Wildman–Crippen LogP) is 4.54. The van der Waals surface area contributed by atoms with Crippen LogP contribution in [0.4, 0.5) is 0 Å². The van der Waals surface area contributed by atoms with Crippen LogP contribution in [0.5, 0.6) is 0 Å². The highest BCUT2D eigenvalue weighted by molar-refractivity contribution is 6.30. The van der Waals surface area contributed by atoms with E-state index in [9.17, 15) is 24.6 Å².